The Balaban J connectivity index is 1.72. The van der Waals surface area contributed by atoms with Crippen LogP contribution in [0.3, 0.4) is 0 Å². The van der Waals surface area contributed by atoms with Crippen molar-refractivity contribution in [3.05, 3.63) is 52.2 Å². The summed E-state index contributed by atoms with van der Waals surface area (Å²) in [6.45, 7) is 3.73. The number of aromatic nitrogens is 5. The second kappa shape index (κ2) is 6.49. The van der Waals surface area contributed by atoms with Gasteiger partial charge in [0.1, 0.15) is 0 Å². The molecule has 0 unspecified atom stereocenters. The standard InChI is InChI=1S/C15H14N6OS/c1-10-18-19-20-21(10)14-5-3-4-12(8-14)17-15(22)7-6-13-9-23-11(2)16-13/h3-9H,1-2H3,(H,17,22)/b7-6+. The number of aryl methyl sites for hydroxylation is 2. The monoisotopic (exact) mass is 326 g/mol. The number of hydrogen-bond acceptors (Lipinski definition) is 6. The van der Waals surface area contributed by atoms with Crippen molar-refractivity contribution in [3.8, 4) is 5.69 Å². The number of rotatable bonds is 4. The Labute approximate surface area is 136 Å². The summed E-state index contributed by atoms with van der Waals surface area (Å²) in [6, 6.07) is 7.32. The molecule has 0 aliphatic heterocycles. The van der Waals surface area contributed by atoms with E-state index in [1.807, 2.05) is 43.5 Å². The van der Waals surface area contributed by atoms with Crippen LogP contribution in [0, 0.1) is 13.8 Å². The zero-order chi connectivity index (χ0) is 16.2. The molecule has 0 spiro atoms. The van der Waals surface area contributed by atoms with Crippen molar-refractivity contribution in [2.45, 2.75) is 13.8 Å². The van der Waals surface area contributed by atoms with Crippen molar-refractivity contribution in [1.29, 1.82) is 0 Å². The van der Waals surface area contributed by atoms with Gasteiger partial charge in [0, 0.05) is 17.1 Å². The molecule has 1 amide bonds. The number of nitrogens with one attached hydrogen (secondary N) is 1. The molecular formula is C15H14N6OS. The van der Waals surface area contributed by atoms with E-state index in [1.165, 1.54) is 6.08 Å². The van der Waals surface area contributed by atoms with Gasteiger partial charge in [-0.1, -0.05) is 6.07 Å². The highest BCUT2D eigenvalue weighted by atomic mass is 32.1. The molecule has 0 atom stereocenters. The topological polar surface area (TPSA) is 85.6 Å². The lowest BCUT2D eigenvalue weighted by Crippen LogP contribution is -2.08. The molecule has 1 N–H and O–H groups in total. The molecule has 0 aliphatic carbocycles. The van der Waals surface area contributed by atoms with E-state index in [2.05, 4.69) is 25.8 Å². The number of benzene rings is 1. The summed E-state index contributed by atoms with van der Waals surface area (Å²) in [6.07, 6.45) is 3.15. The van der Waals surface area contributed by atoms with Crippen LogP contribution >= 0.6 is 11.3 Å². The van der Waals surface area contributed by atoms with Gasteiger partial charge in [-0.2, -0.15) is 4.68 Å². The third-order valence-corrected chi connectivity index (χ3v) is 3.82. The first kappa shape index (κ1) is 15.0. The van der Waals surface area contributed by atoms with E-state index in [4.69, 9.17) is 0 Å². The molecule has 3 rings (SSSR count). The Hall–Kier alpha value is -2.87. The minimum absolute atomic E-state index is 0.221. The fraction of sp³-hybridized carbons (Fsp3) is 0.133. The quantitative estimate of drug-likeness (QED) is 0.744. The van der Waals surface area contributed by atoms with Gasteiger partial charge in [-0.25, -0.2) is 4.98 Å². The Morgan fingerprint density at radius 3 is 2.91 bits per heavy atom. The largest absolute Gasteiger partial charge is 0.322 e. The van der Waals surface area contributed by atoms with Gasteiger partial charge in [0.2, 0.25) is 5.91 Å². The van der Waals surface area contributed by atoms with E-state index in [0.29, 0.717) is 11.5 Å². The number of anilines is 1. The minimum atomic E-state index is -0.221. The molecule has 2 aromatic heterocycles. The zero-order valence-corrected chi connectivity index (χ0v) is 13.4. The third kappa shape index (κ3) is 3.67. The summed E-state index contributed by atoms with van der Waals surface area (Å²) in [4.78, 5) is 16.3. The van der Waals surface area contributed by atoms with Crippen LogP contribution < -0.4 is 5.32 Å². The van der Waals surface area contributed by atoms with Crippen molar-refractivity contribution < 1.29 is 4.79 Å². The second-order valence-corrected chi connectivity index (χ2v) is 5.86. The molecule has 0 fully saturated rings. The van der Waals surface area contributed by atoms with Gasteiger partial charge in [-0.15, -0.1) is 16.4 Å². The molecule has 0 aliphatic rings. The van der Waals surface area contributed by atoms with Crippen LogP contribution in [0.25, 0.3) is 11.8 Å². The first-order chi connectivity index (χ1) is 11.1. The van der Waals surface area contributed by atoms with Gasteiger partial charge in [-0.05, 0) is 48.5 Å². The summed E-state index contributed by atoms with van der Waals surface area (Å²) in [7, 11) is 0. The predicted molar refractivity (Wildman–Crippen MR) is 88.4 cm³/mol. The number of tetrazole rings is 1. The van der Waals surface area contributed by atoms with Gasteiger partial charge in [0.25, 0.3) is 0 Å². The van der Waals surface area contributed by atoms with Crippen LogP contribution in [0.2, 0.25) is 0 Å². The van der Waals surface area contributed by atoms with E-state index in [9.17, 15) is 4.79 Å². The molecule has 8 heteroatoms. The Morgan fingerprint density at radius 1 is 1.35 bits per heavy atom. The maximum Gasteiger partial charge on any atom is 0.248 e. The van der Waals surface area contributed by atoms with Crippen molar-refractivity contribution in [1.82, 2.24) is 25.2 Å². The smallest absolute Gasteiger partial charge is 0.248 e. The first-order valence-electron chi connectivity index (χ1n) is 6.88. The Morgan fingerprint density at radius 2 is 2.22 bits per heavy atom. The summed E-state index contributed by atoms with van der Waals surface area (Å²) in [5.74, 6) is 0.452. The molecular weight excluding hydrogens is 312 g/mol. The average molecular weight is 326 g/mol. The maximum absolute atomic E-state index is 12.0. The molecule has 7 nitrogen and oxygen atoms in total. The fourth-order valence-corrected chi connectivity index (χ4v) is 2.57. The second-order valence-electron chi connectivity index (χ2n) is 4.80. The summed E-state index contributed by atoms with van der Waals surface area (Å²) < 4.78 is 1.60. The molecule has 2 heterocycles. The maximum atomic E-state index is 12.0. The van der Waals surface area contributed by atoms with Gasteiger partial charge in [0.15, 0.2) is 5.82 Å². The third-order valence-electron chi connectivity index (χ3n) is 3.03. The molecule has 23 heavy (non-hydrogen) atoms. The normalized spacial score (nSPS) is 11.0. The van der Waals surface area contributed by atoms with Crippen molar-refractivity contribution in [2.75, 3.05) is 5.32 Å². The van der Waals surface area contributed by atoms with Crippen LogP contribution in [-0.4, -0.2) is 31.1 Å². The Bertz CT molecular complexity index is 866. The van der Waals surface area contributed by atoms with Gasteiger partial charge < -0.3 is 5.32 Å². The number of amides is 1. The van der Waals surface area contributed by atoms with Crippen LogP contribution in [0.5, 0.6) is 0 Å². The van der Waals surface area contributed by atoms with Gasteiger partial charge in [-0.3, -0.25) is 4.79 Å². The Kier molecular flexibility index (Phi) is 4.24. The number of thiazole rings is 1. The van der Waals surface area contributed by atoms with Crippen molar-refractivity contribution >= 4 is 29.0 Å². The zero-order valence-electron chi connectivity index (χ0n) is 12.6. The number of hydrogen-bond donors (Lipinski definition) is 1. The molecule has 0 saturated carbocycles. The lowest BCUT2D eigenvalue weighted by molar-refractivity contribution is -0.111. The lowest BCUT2D eigenvalue weighted by Gasteiger charge is -2.06. The molecule has 0 radical (unpaired) electrons. The first-order valence-corrected chi connectivity index (χ1v) is 7.76. The number of nitrogens with zero attached hydrogens (tertiary/aromatic N) is 5. The predicted octanol–water partition coefficient (Wildman–Crippen LogP) is 2.39. The van der Waals surface area contributed by atoms with Crippen molar-refractivity contribution in [3.63, 3.8) is 0 Å². The van der Waals surface area contributed by atoms with Crippen molar-refractivity contribution in [2.24, 2.45) is 0 Å². The highest BCUT2D eigenvalue weighted by Crippen LogP contribution is 2.15. The molecule has 3 aromatic rings. The number of carbonyl (C=O) groups excluding carboxylic acids is 1. The molecule has 1 aromatic carbocycles. The SMILES string of the molecule is Cc1nc(/C=C/C(=O)Nc2cccc(-n3nnnc3C)c2)cs1. The van der Waals surface area contributed by atoms with E-state index in [1.54, 1.807) is 22.1 Å². The highest BCUT2D eigenvalue weighted by Gasteiger charge is 2.05. The average Bonchev–Trinajstić information content (AvgIpc) is 3.14. The van der Waals surface area contributed by atoms with E-state index >= 15 is 0 Å². The highest BCUT2D eigenvalue weighted by molar-refractivity contribution is 7.09. The molecule has 0 bridgehead atoms. The van der Waals surface area contributed by atoms with Crippen LogP contribution in [0.1, 0.15) is 16.5 Å². The summed E-state index contributed by atoms with van der Waals surface area (Å²) >= 11 is 1.55. The fourth-order valence-electron chi connectivity index (χ4n) is 1.99. The molecule has 116 valence electrons. The van der Waals surface area contributed by atoms with Crippen LogP contribution in [0.15, 0.2) is 35.7 Å². The molecule has 0 saturated heterocycles. The van der Waals surface area contributed by atoms with Gasteiger partial charge >= 0.3 is 0 Å². The summed E-state index contributed by atoms with van der Waals surface area (Å²) in [5, 5.41) is 17.0. The number of carbonyl (C=O) groups is 1. The van der Waals surface area contributed by atoms with Gasteiger partial charge in [0.05, 0.1) is 16.4 Å². The van der Waals surface area contributed by atoms with E-state index in [-0.39, 0.29) is 5.91 Å². The minimum Gasteiger partial charge on any atom is -0.322 e. The van der Waals surface area contributed by atoms with Crippen LogP contribution in [-0.2, 0) is 4.79 Å². The van der Waals surface area contributed by atoms with E-state index < -0.39 is 0 Å². The van der Waals surface area contributed by atoms with E-state index in [0.717, 1.165) is 16.4 Å². The van der Waals surface area contributed by atoms with Crippen LogP contribution in [0.4, 0.5) is 5.69 Å². The lowest BCUT2D eigenvalue weighted by atomic mass is 10.2. The summed E-state index contributed by atoms with van der Waals surface area (Å²) in [5.41, 5.74) is 2.23.